The number of nitrogens with one attached hydrogen (secondary N) is 1. The Kier molecular flexibility index (Phi) is 5.82. The van der Waals surface area contributed by atoms with E-state index < -0.39 is 17.9 Å². The summed E-state index contributed by atoms with van der Waals surface area (Å²) in [5.74, 6) is -1.43. The van der Waals surface area contributed by atoms with Gasteiger partial charge < -0.3 is 15.3 Å². The van der Waals surface area contributed by atoms with E-state index in [1.807, 2.05) is 20.8 Å². The third-order valence-corrected chi connectivity index (χ3v) is 4.28. The van der Waals surface area contributed by atoms with Gasteiger partial charge >= 0.3 is 5.97 Å². The molecule has 25 heavy (non-hydrogen) atoms. The minimum atomic E-state index is -1.04. The first-order valence-electron chi connectivity index (χ1n) is 8.61. The van der Waals surface area contributed by atoms with Crippen molar-refractivity contribution in [3.05, 3.63) is 29.8 Å². The van der Waals surface area contributed by atoms with Gasteiger partial charge in [0.1, 0.15) is 6.04 Å². The lowest BCUT2D eigenvalue weighted by molar-refractivity contribution is -0.139. The van der Waals surface area contributed by atoms with Crippen LogP contribution >= 0.6 is 0 Å². The molecule has 1 atom stereocenters. The molecule has 1 fully saturated rings. The van der Waals surface area contributed by atoms with Crippen LogP contribution in [0.2, 0.25) is 0 Å². The standard InChI is InChI=1S/C19H26N2O4/c1-19(2,3)10-9-15(18(24)25)20-17(23)13-6-4-7-14(12-13)21-11-5-8-16(21)22/h4,6-7,12,15H,5,8-11H2,1-3H3,(H,20,23)(H,24,25). The Morgan fingerprint density at radius 1 is 1.32 bits per heavy atom. The average Bonchev–Trinajstić information content (AvgIpc) is 2.96. The molecule has 1 aliphatic rings. The largest absolute Gasteiger partial charge is 0.480 e. The Morgan fingerprint density at radius 3 is 2.60 bits per heavy atom. The van der Waals surface area contributed by atoms with Gasteiger partial charge in [0, 0.05) is 24.2 Å². The van der Waals surface area contributed by atoms with Crippen molar-refractivity contribution < 1.29 is 19.5 Å². The van der Waals surface area contributed by atoms with Crippen molar-refractivity contribution in [1.82, 2.24) is 5.32 Å². The molecule has 1 aliphatic heterocycles. The van der Waals surface area contributed by atoms with Crippen molar-refractivity contribution in [1.29, 1.82) is 0 Å². The van der Waals surface area contributed by atoms with Crippen molar-refractivity contribution in [2.75, 3.05) is 11.4 Å². The summed E-state index contributed by atoms with van der Waals surface area (Å²) in [7, 11) is 0. The molecular weight excluding hydrogens is 320 g/mol. The Hall–Kier alpha value is -2.37. The summed E-state index contributed by atoms with van der Waals surface area (Å²) >= 11 is 0. The number of hydrogen-bond donors (Lipinski definition) is 2. The number of rotatable bonds is 6. The van der Waals surface area contributed by atoms with Crippen molar-refractivity contribution in [2.45, 2.75) is 52.5 Å². The van der Waals surface area contributed by atoms with Crippen LogP contribution in [0.3, 0.4) is 0 Å². The van der Waals surface area contributed by atoms with E-state index in [-0.39, 0.29) is 11.3 Å². The fourth-order valence-electron chi connectivity index (χ4n) is 2.81. The Balaban J connectivity index is 2.08. The highest BCUT2D eigenvalue weighted by Crippen LogP contribution is 2.23. The molecule has 1 saturated heterocycles. The van der Waals surface area contributed by atoms with E-state index in [9.17, 15) is 19.5 Å². The molecule has 2 rings (SSSR count). The summed E-state index contributed by atoms with van der Waals surface area (Å²) in [5.41, 5.74) is 1.03. The van der Waals surface area contributed by atoms with Gasteiger partial charge in [-0.05, 0) is 42.9 Å². The highest BCUT2D eigenvalue weighted by molar-refractivity contribution is 6.00. The topological polar surface area (TPSA) is 86.7 Å². The minimum Gasteiger partial charge on any atom is -0.480 e. The molecule has 2 amide bonds. The van der Waals surface area contributed by atoms with Gasteiger partial charge in [0.25, 0.3) is 5.91 Å². The fourth-order valence-corrected chi connectivity index (χ4v) is 2.81. The van der Waals surface area contributed by atoms with Gasteiger partial charge in [-0.3, -0.25) is 9.59 Å². The summed E-state index contributed by atoms with van der Waals surface area (Å²) in [6, 6.07) is 5.84. The SMILES string of the molecule is CC(C)(C)CCC(NC(=O)c1cccc(N2CCCC2=O)c1)C(=O)O. The lowest BCUT2D eigenvalue weighted by Gasteiger charge is -2.22. The van der Waals surface area contributed by atoms with Crippen molar-refractivity contribution in [2.24, 2.45) is 5.41 Å². The maximum absolute atomic E-state index is 12.5. The maximum Gasteiger partial charge on any atom is 0.326 e. The van der Waals surface area contributed by atoms with Crippen LogP contribution in [0, 0.1) is 5.41 Å². The van der Waals surface area contributed by atoms with E-state index >= 15 is 0 Å². The molecule has 0 spiro atoms. The van der Waals surface area contributed by atoms with Crippen LogP contribution in [-0.2, 0) is 9.59 Å². The normalized spacial score (nSPS) is 16.0. The molecule has 0 radical (unpaired) electrons. The number of carbonyl (C=O) groups is 3. The molecule has 6 heteroatoms. The lowest BCUT2D eigenvalue weighted by Crippen LogP contribution is -2.41. The fraction of sp³-hybridized carbons (Fsp3) is 0.526. The Labute approximate surface area is 148 Å². The van der Waals surface area contributed by atoms with Gasteiger partial charge in [-0.1, -0.05) is 26.8 Å². The van der Waals surface area contributed by atoms with Gasteiger partial charge in [-0.2, -0.15) is 0 Å². The summed E-state index contributed by atoms with van der Waals surface area (Å²) in [6.07, 6.45) is 2.38. The third kappa shape index (κ3) is 5.31. The van der Waals surface area contributed by atoms with E-state index in [1.165, 1.54) is 0 Å². The van der Waals surface area contributed by atoms with E-state index in [2.05, 4.69) is 5.32 Å². The van der Waals surface area contributed by atoms with Crippen LogP contribution in [0.15, 0.2) is 24.3 Å². The van der Waals surface area contributed by atoms with Crippen LogP contribution in [0.4, 0.5) is 5.69 Å². The number of anilines is 1. The van der Waals surface area contributed by atoms with E-state index in [4.69, 9.17) is 0 Å². The van der Waals surface area contributed by atoms with Gasteiger partial charge in [0.2, 0.25) is 5.91 Å². The zero-order valence-electron chi connectivity index (χ0n) is 15.0. The third-order valence-electron chi connectivity index (χ3n) is 4.28. The van der Waals surface area contributed by atoms with Crippen LogP contribution in [0.25, 0.3) is 0 Å². The van der Waals surface area contributed by atoms with E-state index in [0.29, 0.717) is 37.1 Å². The molecule has 2 N–H and O–H groups in total. The zero-order valence-corrected chi connectivity index (χ0v) is 15.0. The number of carboxylic acid groups (broad SMARTS) is 1. The summed E-state index contributed by atoms with van der Waals surface area (Å²) in [6.45, 7) is 6.74. The number of hydrogen-bond acceptors (Lipinski definition) is 3. The molecule has 1 aromatic rings. The molecule has 1 heterocycles. The molecule has 1 aromatic carbocycles. The molecular formula is C19H26N2O4. The summed E-state index contributed by atoms with van der Waals surface area (Å²) in [4.78, 5) is 37.4. The first-order chi connectivity index (χ1) is 11.7. The number of nitrogens with zero attached hydrogens (tertiary/aromatic N) is 1. The second kappa shape index (κ2) is 7.68. The average molecular weight is 346 g/mol. The minimum absolute atomic E-state index is 0.00550. The number of amides is 2. The quantitative estimate of drug-likeness (QED) is 0.829. The van der Waals surface area contributed by atoms with Crippen LogP contribution < -0.4 is 10.2 Å². The molecule has 6 nitrogen and oxygen atoms in total. The Morgan fingerprint density at radius 2 is 2.04 bits per heavy atom. The zero-order chi connectivity index (χ0) is 18.6. The number of carbonyl (C=O) groups excluding carboxylic acids is 2. The molecule has 0 bridgehead atoms. The van der Waals surface area contributed by atoms with Crippen LogP contribution in [-0.4, -0.2) is 35.5 Å². The number of carboxylic acids is 1. The predicted octanol–water partition coefficient (Wildman–Crippen LogP) is 2.82. The van der Waals surface area contributed by atoms with Crippen LogP contribution in [0.1, 0.15) is 56.8 Å². The predicted molar refractivity (Wildman–Crippen MR) is 95.6 cm³/mol. The number of aliphatic carboxylic acids is 1. The van der Waals surface area contributed by atoms with Crippen molar-refractivity contribution in [3.63, 3.8) is 0 Å². The Bertz CT molecular complexity index is 664. The first-order valence-corrected chi connectivity index (χ1v) is 8.61. The molecule has 0 aliphatic carbocycles. The lowest BCUT2D eigenvalue weighted by atomic mass is 9.88. The maximum atomic E-state index is 12.5. The first kappa shape index (κ1) is 19.0. The van der Waals surface area contributed by atoms with Gasteiger partial charge in [-0.15, -0.1) is 0 Å². The van der Waals surface area contributed by atoms with Gasteiger partial charge in [0.15, 0.2) is 0 Å². The molecule has 1 unspecified atom stereocenters. The second-order valence-electron chi connectivity index (χ2n) is 7.66. The molecule has 0 aromatic heterocycles. The highest BCUT2D eigenvalue weighted by Gasteiger charge is 2.25. The summed E-state index contributed by atoms with van der Waals surface area (Å²) < 4.78 is 0. The summed E-state index contributed by atoms with van der Waals surface area (Å²) in [5, 5.41) is 12.0. The van der Waals surface area contributed by atoms with Gasteiger partial charge in [-0.25, -0.2) is 4.79 Å². The highest BCUT2D eigenvalue weighted by atomic mass is 16.4. The van der Waals surface area contributed by atoms with Crippen molar-refractivity contribution in [3.8, 4) is 0 Å². The van der Waals surface area contributed by atoms with Crippen molar-refractivity contribution >= 4 is 23.5 Å². The monoisotopic (exact) mass is 346 g/mol. The molecule has 0 saturated carbocycles. The van der Waals surface area contributed by atoms with Gasteiger partial charge in [0.05, 0.1) is 0 Å². The second-order valence-corrected chi connectivity index (χ2v) is 7.66. The van der Waals surface area contributed by atoms with E-state index in [0.717, 1.165) is 6.42 Å². The smallest absolute Gasteiger partial charge is 0.326 e. The number of benzene rings is 1. The molecule has 136 valence electrons. The van der Waals surface area contributed by atoms with Crippen LogP contribution in [0.5, 0.6) is 0 Å². The van der Waals surface area contributed by atoms with E-state index in [1.54, 1.807) is 29.2 Å².